The van der Waals surface area contributed by atoms with Crippen LogP contribution in [0, 0.1) is 11.8 Å². The highest BCUT2D eigenvalue weighted by Gasteiger charge is 2.25. The molecule has 1 N–H and O–H groups in total. The van der Waals surface area contributed by atoms with Crippen LogP contribution in [0.3, 0.4) is 0 Å². The summed E-state index contributed by atoms with van der Waals surface area (Å²) >= 11 is 0. The Kier molecular flexibility index (Phi) is 8.80. The Hall–Kier alpha value is -3.66. The molecule has 0 saturated carbocycles. The lowest BCUT2D eigenvalue weighted by atomic mass is 10.1. The van der Waals surface area contributed by atoms with Crippen molar-refractivity contribution in [3.05, 3.63) is 65.7 Å². The Bertz CT molecular complexity index is 996. The lowest BCUT2D eigenvalue weighted by Crippen LogP contribution is -2.50. The minimum absolute atomic E-state index is 0.251. The first-order valence-electron chi connectivity index (χ1n) is 11.6. The van der Waals surface area contributed by atoms with Crippen LogP contribution in [-0.4, -0.2) is 55.4 Å². The largest absolute Gasteiger partial charge is 0.445 e. The standard InChI is InChI=1S/C27H33N3O4/c1-27(2,3)34-26(32)30-19-17-29(18-20-30)24-14-12-22(13-15-24)9-7-8-16-28-25(31)33-21-23-10-5-4-6-11-23/h4-6,10-15H,8,16-21H2,1-3H3,(H,28,31). The third-order valence-electron chi connectivity index (χ3n) is 5.13. The molecule has 0 atom stereocenters. The van der Waals surface area contributed by atoms with Crippen LogP contribution in [0.1, 0.15) is 38.3 Å². The van der Waals surface area contributed by atoms with E-state index in [1.165, 1.54) is 0 Å². The van der Waals surface area contributed by atoms with E-state index in [4.69, 9.17) is 9.47 Å². The van der Waals surface area contributed by atoms with Gasteiger partial charge in [0.1, 0.15) is 12.2 Å². The topological polar surface area (TPSA) is 71.1 Å². The Labute approximate surface area is 202 Å². The smallest absolute Gasteiger partial charge is 0.410 e. The Morgan fingerprint density at radius 2 is 1.65 bits per heavy atom. The number of carbonyl (C=O) groups is 2. The maximum Gasteiger partial charge on any atom is 0.410 e. The van der Waals surface area contributed by atoms with Crippen molar-refractivity contribution in [2.75, 3.05) is 37.6 Å². The number of ether oxygens (including phenoxy) is 2. The summed E-state index contributed by atoms with van der Waals surface area (Å²) in [5.74, 6) is 6.19. The van der Waals surface area contributed by atoms with Gasteiger partial charge in [0.25, 0.3) is 0 Å². The number of benzene rings is 2. The van der Waals surface area contributed by atoms with Crippen LogP contribution in [-0.2, 0) is 16.1 Å². The number of amides is 2. The average molecular weight is 464 g/mol. The zero-order valence-electron chi connectivity index (χ0n) is 20.2. The number of alkyl carbamates (subject to hydrolysis) is 1. The van der Waals surface area contributed by atoms with Crippen molar-refractivity contribution in [2.45, 2.75) is 39.4 Å². The molecule has 0 aromatic heterocycles. The van der Waals surface area contributed by atoms with E-state index in [-0.39, 0.29) is 12.7 Å². The van der Waals surface area contributed by atoms with E-state index < -0.39 is 11.7 Å². The van der Waals surface area contributed by atoms with Crippen LogP contribution < -0.4 is 10.2 Å². The summed E-state index contributed by atoms with van der Waals surface area (Å²) in [4.78, 5) is 28.0. The summed E-state index contributed by atoms with van der Waals surface area (Å²) in [5.41, 5.74) is 2.50. The lowest BCUT2D eigenvalue weighted by Gasteiger charge is -2.36. The van der Waals surface area contributed by atoms with Gasteiger partial charge in [-0.3, -0.25) is 0 Å². The van der Waals surface area contributed by atoms with Crippen LogP contribution in [0.25, 0.3) is 0 Å². The molecule has 2 amide bonds. The van der Waals surface area contributed by atoms with Gasteiger partial charge >= 0.3 is 12.2 Å². The SMILES string of the molecule is CC(C)(C)OC(=O)N1CCN(c2ccc(C#CCCNC(=O)OCc3ccccc3)cc2)CC1. The number of nitrogens with zero attached hydrogens (tertiary/aromatic N) is 2. The molecule has 2 aromatic rings. The van der Waals surface area contributed by atoms with Gasteiger partial charge in [-0.15, -0.1) is 0 Å². The number of hydrogen-bond acceptors (Lipinski definition) is 5. The van der Waals surface area contributed by atoms with Crippen molar-refractivity contribution in [1.29, 1.82) is 0 Å². The Balaban J connectivity index is 1.36. The van der Waals surface area contributed by atoms with Crippen LogP contribution in [0.15, 0.2) is 54.6 Å². The third kappa shape index (κ3) is 8.36. The monoisotopic (exact) mass is 463 g/mol. The summed E-state index contributed by atoms with van der Waals surface area (Å²) < 4.78 is 10.6. The van der Waals surface area contributed by atoms with Crippen molar-refractivity contribution >= 4 is 17.9 Å². The number of anilines is 1. The first kappa shape index (κ1) is 25.0. The number of rotatable bonds is 5. The molecule has 3 rings (SSSR count). The zero-order chi connectivity index (χ0) is 24.4. The molecule has 1 aliphatic heterocycles. The van der Waals surface area contributed by atoms with E-state index in [2.05, 4.69) is 22.1 Å². The normalized spacial score (nSPS) is 13.5. The second-order valence-electron chi connectivity index (χ2n) is 9.04. The van der Waals surface area contributed by atoms with E-state index in [0.717, 1.165) is 29.9 Å². The molecule has 0 radical (unpaired) electrons. The molecule has 1 fully saturated rings. The molecule has 34 heavy (non-hydrogen) atoms. The zero-order valence-corrected chi connectivity index (χ0v) is 20.2. The van der Waals surface area contributed by atoms with Gasteiger partial charge in [-0.25, -0.2) is 9.59 Å². The fraction of sp³-hybridized carbons (Fsp3) is 0.407. The van der Waals surface area contributed by atoms with Crippen molar-refractivity contribution < 1.29 is 19.1 Å². The quantitative estimate of drug-likeness (QED) is 0.525. The van der Waals surface area contributed by atoms with Crippen LogP contribution in [0.2, 0.25) is 0 Å². The van der Waals surface area contributed by atoms with Crippen molar-refractivity contribution in [2.24, 2.45) is 0 Å². The molecule has 1 heterocycles. The van der Waals surface area contributed by atoms with Gasteiger partial charge in [0, 0.05) is 50.4 Å². The van der Waals surface area contributed by atoms with Crippen molar-refractivity contribution in [1.82, 2.24) is 10.2 Å². The molecule has 0 spiro atoms. The number of piperazine rings is 1. The average Bonchev–Trinajstić information content (AvgIpc) is 2.83. The first-order valence-corrected chi connectivity index (χ1v) is 11.6. The molecule has 180 valence electrons. The summed E-state index contributed by atoms with van der Waals surface area (Å²) in [5, 5.41) is 2.71. The fourth-order valence-electron chi connectivity index (χ4n) is 3.40. The molecule has 7 heteroatoms. The molecule has 0 aliphatic carbocycles. The highest BCUT2D eigenvalue weighted by molar-refractivity contribution is 5.69. The predicted octanol–water partition coefficient (Wildman–Crippen LogP) is 4.41. The van der Waals surface area contributed by atoms with E-state index in [0.29, 0.717) is 26.1 Å². The Morgan fingerprint density at radius 1 is 0.971 bits per heavy atom. The van der Waals surface area contributed by atoms with Crippen molar-refractivity contribution in [3.8, 4) is 11.8 Å². The second-order valence-corrected chi connectivity index (χ2v) is 9.04. The van der Waals surface area contributed by atoms with Crippen LogP contribution in [0.4, 0.5) is 15.3 Å². The molecule has 0 unspecified atom stereocenters. The van der Waals surface area contributed by atoms with Crippen molar-refractivity contribution in [3.63, 3.8) is 0 Å². The minimum atomic E-state index is -0.479. The van der Waals surface area contributed by atoms with Gasteiger partial charge < -0.3 is 24.6 Å². The highest BCUT2D eigenvalue weighted by atomic mass is 16.6. The molecular formula is C27H33N3O4. The van der Waals surface area contributed by atoms with Gasteiger partial charge in [0.15, 0.2) is 0 Å². The Morgan fingerprint density at radius 3 is 2.29 bits per heavy atom. The summed E-state index contributed by atoms with van der Waals surface area (Å²) in [6.45, 7) is 9.11. The maximum absolute atomic E-state index is 12.2. The third-order valence-corrected chi connectivity index (χ3v) is 5.13. The van der Waals surface area contributed by atoms with Gasteiger partial charge in [0.05, 0.1) is 0 Å². The number of nitrogens with one attached hydrogen (secondary N) is 1. The van der Waals surface area contributed by atoms with E-state index in [9.17, 15) is 9.59 Å². The fourth-order valence-corrected chi connectivity index (χ4v) is 3.40. The molecular weight excluding hydrogens is 430 g/mol. The van der Waals surface area contributed by atoms with E-state index >= 15 is 0 Å². The summed E-state index contributed by atoms with van der Waals surface area (Å²) in [6.07, 6.45) is -0.159. The molecule has 1 saturated heterocycles. The van der Waals surface area contributed by atoms with Gasteiger partial charge in [-0.2, -0.15) is 0 Å². The van der Waals surface area contributed by atoms with Gasteiger partial charge in [0.2, 0.25) is 0 Å². The van der Waals surface area contributed by atoms with Crippen LogP contribution in [0.5, 0.6) is 0 Å². The molecule has 7 nitrogen and oxygen atoms in total. The van der Waals surface area contributed by atoms with E-state index in [1.807, 2.05) is 75.4 Å². The number of hydrogen-bond donors (Lipinski definition) is 1. The summed E-state index contributed by atoms with van der Waals surface area (Å²) in [6, 6.07) is 17.6. The minimum Gasteiger partial charge on any atom is -0.445 e. The maximum atomic E-state index is 12.2. The van der Waals surface area contributed by atoms with E-state index in [1.54, 1.807) is 4.90 Å². The number of carbonyl (C=O) groups excluding carboxylic acids is 2. The van der Waals surface area contributed by atoms with Gasteiger partial charge in [-0.1, -0.05) is 42.2 Å². The molecule has 2 aromatic carbocycles. The lowest BCUT2D eigenvalue weighted by molar-refractivity contribution is 0.0240. The summed E-state index contributed by atoms with van der Waals surface area (Å²) in [7, 11) is 0. The van der Waals surface area contributed by atoms with Crippen LogP contribution >= 0.6 is 0 Å². The first-order chi connectivity index (χ1) is 16.3. The predicted molar refractivity (Wildman–Crippen MR) is 133 cm³/mol. The second kappa shape index (κ2) is 12.0. The van der Waals surface area contributed by atoms with Gasteiger partial charge in [-0.05, 0) is 50.6 Å². The molecule has 1 aliphatic rings. The molecule has 0 bridgehead atoms. The highest BCUT2D eigenvalue weighted by Crippen LogP contribution is 2.18.